The number of carbonyl (C=O) groups is 1. The Bertz CT molecular complexity index is 729. The first-order valence-electron chi connectivity index (χ1n) is 6.85. The van der Waals surface area contributed by atoms with Crippen LogP contribution in [0.1, 0.15) is 12.8 Å². The number of hydrogen-bond donors (Lipinski definition) is 1. The van der Waals surface area contributed by atoms with Gasteiger partial charge in [0.05, 0.1) is 12.2 Å². The van der Waals surface area contributed by atoms with Crippen molar-refractivity contribution >= 4 is 28.6 Å². The minimum atomic E-state index is -0.399. The number of nitrogens with two attached hydrogens (primary N) is 1. The van der Waals surface area contributed by atoms with E-state index in [4.69, 9.17) is 21.8 Å². The molecule has 0 saturated carbocycles. The first-order chi connectivity index (χ1) is 10.0. The van der Waals surface area contributed by atoms with Crippen LogP contribution in [0.3, 0.4) is 0 Å². The van der Waals surface area contributed by atoms with Gasteiger partial charge in [0.15, 0.2) is 5.58 Å². The number of likely N-dealkylation sites (tertiary alicyclic amines) is 1. The molecule has 1 aromatic carbocycles. The molecular formula is C14H16ClN3O3. The van der Waals surface area contributed by atoms with Crippen LogP contribution in [0.2, 0.25) is 5.02 Å². The van der Waals surface area contributed by atoms with Crippen LogP contribution in [-0.4, -0.2) is 28.5 Å². The molecule has 0 unspecified atom stereocenters. The lowest BCUT2D eigenvalue weighted by molar-refractivity contribution is -0.123. The van der Waals surface area contributed by atoms with Gasteiger partial charge in [0.25, 0.3) is 0 Å². The molecule has 1 saturated heterocycles. The van der Waals surface area contributed by atoms with E-state index in [9.17, 15) is 9.59 Å². The molecule has 6 nitrogen and oxygen atoms in total. The molecule has 1 amide bonds. The highest BCUT2D eigenvalue weighted by atomic mass is 35.5. The van der Waals surface area contributed by atoms with Crippen molar-refractivity contribution < 1.29 is 9.21 Å². The predicted molar refractivity (Wildman–Crippen MR) is 79.0 cm³/mol. The zero-order valence-electron chi connectivity index (χ0n) is 11.4. The third kappa shape index (κ3) is 2.82. The Hall–Kier alpha value is -1.79. The molecule has 1 fully saturated rings. The number of fused-ring (bicyclic) bond motifs is 1. The van der Waals surface area contributed by atoms with Gasteiger partial charge in [0.2, 0.25) is 5.91 Å². The molecule has 2 aromatic rings. The standard InChI is InChI=1S/C14H16ClN3O3/c15-10-1-2-12-11(7-10)18(14(20)21-12)8-17-5-3-9(4-6-17)13(16)19/h1-2,7,9H,3-6,8H2,(H2,16,19). The van der Waals surface area contributed by atoms with Crippen molar-refractivity contribution in [2.75, 3.05) is 13.1 Å². The summed E-state index contributed by atoms with van der Waals surface area (Å²) in [6, 6.07) is 5.10. The van der Waals surface area contributed by atoms with Gasteiger partial charge in [-0.25, -0.2) is 4.79 Å². The molecule has 0 aliphatic carbocycles. The van der Waals surface area contributed by atoms with Crippen molar-refractivity contribution in [3.8, 4) is 0 Å². The second-order valence-corrected chi connectivity index (χ2v) is 5.78. The minimum Gasteiger partial charge on any atom is -0.408 e. The fourth-order valence-corrected chi connectivity index (χ4v) is 2.89. The number of hydrogen-bond acceptors (Lipinski definition) is 4. The molecule has 21 heavy (non-hydrogen) atoms. The number of primary amides is 1. The van der Waals surface area contributed by atoms with E-state index in [0.29, 0.717) is 22.8 Å². The second-order valence-electron chi connectivity index (χ2n) is 5.34. The van der Waals surface area contributed by atoms with Crippen LogP contribution in [0, 0.1) is 5.92 Å². The van der Waals surface area contributed by atoms with Gasteiger partial charge < -0.3 is 10.2 Å². The summed E-state index contributed by atoms with van der Waals surface area (Å²) >= 11 is 5.97. The third-order valence-corrected chi connectivity index (χ3v) is 4.20. The first-order valence-corrected chi connectivity index (χ1v) is 7.23. The maximum atomic E-state index is 11.9. The van der Waals surface area contributed by atoms with E-state index in [0.717, 1.165) is 25.9 Å². The maximum Gasteiger partial charge on any atom is 0.421 e. The zero-order chi connectivity index (χ0) is 15.0. The molecule has 7 heteroatoms. The molecule has 1 aliphatic heterocycles. The Morgan fingerprint density at radius 2 is 2.10 bits per heavy atom. The molecule has 2 N–H and O–H groups in total. The Kier molecular flexibility index (Phi) is 3.73. The highest BCUT2D eigenvalue weighted by Crippen LogP contribution is 2.21. The largest absolute Gasteiger partial charge is 0.421 e. The quantitative estimate of drug-likeness (QED) is 0.929. The van der Waals surface area contributed by atoms with Crippen molar-refractivity contribution in [1.82, 2.24) is 9.47 Å². The first kappa shape index (κ1) is 14.2. The molecule has 2 heterocycles. The summed E-state index contributed by atoms with van der Waals surface area (Å²) in [6.45, 7) is 1.89. The summed E-state index contributed by atoms with van der Waals surface area (Å²) < 4.78 is 6.76. The molecule has 1 aromatic heterocycles. The van der Waals surface area contributed by atoms with Crippen LogP contribution < -0.4 is 11.5 Å². The Labute approximate surface area is 126 Å². The fraction of sp³-hybridized carbons (Fsp3) is 0.429. The summed E-state index contributed by atoms with van der Waals surface area (Å²) in [7, 11) is 0. The lowest BCUT2D eigenvalue weighted by Gasteiger charge is -2.30. The van der Waals surface area contributed by atoms with Gasteiger partial charge in [-0.15, -0.1) is 0 Å². The monoisotopic (exact) mass is 309 g/mol. The molecule has 0 spiro atoms. The van der Waals surface area contributed by atoms with Crippen LogP contribution in [0.4, 0.5) is 0 Å². The summed E-state index contributed by atoms with van der Waals surface area (Å²) in [6.07, 6.45) is 1.45. The van der Waals surface area contributed by atoms with Gasteiger partial charge in [-0.2, -0.15) is 0 Å². The van der Waals surface area contributed by atoms with E-state index in [1.54, 1.807) is 22.8 Å². The number of halogens is 1. The normalized spacial score (nSPS) is 17.4. The summed E-state index contributed by atoms with van der Waals surface area (Å²) in [4.78, 5) is 25.2. The number of aromatic nitrogens is 1. The van der Waals surface area contributed by atoms with Crippen LogP contribution in [0.5, 0.6) is 0 Å². The molecule has 1 aliphatic rings. The van der Waals surface area contributed by atoms with E-state index in [1.165, 1.54) is 0 Å². The number of oxazole rings is 1. The van der Waals surface area contributed by atoms with Crippen molar-refractivity contribution in [3.63, 3.8) is 0 Å². The van der Waals surface area contributed by atoms with Crippen LogP contribution >= 0.6 is 11.6 Å². The smallest absolute Gasteiger partial charge is 0.408 e. The summed E-state index contributed by atoms with van der Waals surface area (Å²) in [5.74, 6) is -0.704. The highest BCUT2D eigenvalue weighted by molar-refractivity contribution is 6.31. The van der Waals surface area contributed by atoms with E-state index >= 15 is 0 Å². The van der Waals surface area contributed by atoms with Gasteiger partial charge >= 0.3 is 5.76 Å². The second kappa shape index (κ2) is 5.54. The van der Waals surface area contributed by atoms with Gasteiger partial charge in [-0.05, 0) is 31.0 Å². The molecule has 112 valence electrons. The van der Waals surface area contributed by atoms with Gasteiger partial charge in [0, 0.05) is 24.0 Å². The van der Waals surface area contributed by atoms with Gasteiger partial charge in [0.1, 0.15) is 0 Å². The number of amides is 1. The zero-order valence-corrected chi connectivity index (χ0v) is 12.2. The number of benzene rings is 1. The van der Waals surface area contributed by atoms with Gasteiger partial charge in [-0.3, -0.25) is 14.3 Å². The number of carbonyl (C=O) groups excluding carboxylic acids is 1. The predicted octanol–water partition coefficient (Wildman–Crippen LogP) is 1.40. The van der Waals surface area contributed by atoms with E-state index < -0.39 is 5.76 Å². The third-order valence-electron chi connectivity index (χ3n) is 3.96. The van der Waals surface area contributed by atoms with Crippen LogP contribution in [0.15, 0.2) is 27.4 Å². The number of nitrogens with zero attached hydrogens (tertiary/aromatic N) is 2. The minimum absolute atomic E-state index is 0.0616. The molecular weight excluding hydrogens is 294 g/mol. The van der Waals surface area contributed by atoms with Gasteiger partial charge in [-0.1, -0.05) is 11.6 Å². The van der Waals surface area contributed by atoms with Crippen molar-refractivity contribution in [2.45, 2.75) is 19.5 Å². The van der Waals surface area contributed by atoms with E-state index in [1.807, 2.05) is 0 Å². The highest BCUT2D eigenvalue weighted by Gasteiger charge is 2.24. The lowest BCUT2D eigenvalue weighted by atomic mass is 9.97. The average molecular weight is 310 g/mol. The van der Waals surface area contributed by atoms with Crippen LogP contribution in [-0.2, 0) is 11.5 Å². The Balaban J connectivity index is 1.80. The molecule has 0 atom stereocenters. The summed E-state index contributed by atoms with van der Waals surface area (Å²) in [5, 5.41) is 0.560. The van der Waals surface area contributed by atoms with E-state index in [-0.39, 0.29) is 11.8 Å². The van der Waals surface area contributed by atoms with Crippen molar-refractivity contribution in [3.05, 3.63) is 33.8 Å². The number of rotatable bonds is 3. The van der Waals surface area contributed by atoms with Crippen LogP contribution in [0.25, 0.3) is 11.1 Å². The Morgan fingerprint density at radius 3 is 2.76 bits per heavy atom. The summed E-state index contributed by atoms with van der Waals surface area (Å²) in [5.41, 5.74) is 6.53. The Morgan fingerprint density at radius 1 is 1.38 bits per heavy atom. The maximum absolute atomic E-state index is 11.9. The SMILES string of the molecule is NC(=O)C1CCN(Cn2c(=O)oc3ccc(Cl)cc32)CC1. The average Bonchev–Trinajstić information content (AvgIpc) is 2.76. The molecule has 3 rings (SSSR count). The lowest BCUT2D eigenvalue weighted by Crippen LogP contribution is -2.40. The molecule has 0 radical (unpaired) electrons. The fourth-order valence-electron chi connectivity index (χ4n) is 2.73. The van der Waals surface area contributed by atoms with Crippen molar-refractivity contribution in [1.29, 1.82) is 0 Å². The number of piperidine rings is 1. The van der Waals surface area contributed by atoms with Crippen molar-refractivity contribution in [2.24, 2.45) is 11.7 Å². The topological polar surface area (TPSA) is 81.5 Å². The molecule has 0 bridgehead atoms. The van der Waals surface area contributed by atoms with E-state index in [2.05, 4.69) is 4.90 Å².